The maximum absolute atomic E-state index is 5.70. The minimum Gasteiger partial charge on any atom is -0.456 e. The van der Waals surface area contributed by atoms with Crippen LogP contribution in [0.1, 0.15) is 25.3 Å². The molecule has 0 aliphatic heterocycles. The van der Waals surface area contributed by atoms with Crippen molar-refractivity contribution in [3.05, 3.63) is 53.3 Å². The van der Waals surface area contributed by atoms with Gasteiger partial charge in [0.1, 0.15) is 16.7 Å². The number of ether oxygens (including phenoxy) is 1. The molecule has 88 valence electrons. The molecule has 0 aliphatic rings. The average molecular weight is 248 g/mol. The molecule has 0 radical (unpaired) electrons. The first-order chi connectivity index (χ1) is 8.15. The fourth-order valence-corrected chi connectivity index (χ4v) is 1.59. The predicted octanol–water partition coefficient (Wildman–Crippen LogP) is 4.65. The van der Waals surface area contributed by atoms with E-state index in [2.05, 4.69) is 31.0 Å². The van der Waals surface area contributed by atoms with Crippen LogP contribution in [0, 0.1) is 0 Å². The van der Waals surface area contributed by atoms with Gasteiger partial charge in [-0.05, 0) is 35.7 Å². The van der Waals surface area contributed by atoms with Gasteiger partial charge < -0.3 is 4.74 Å². The van der Waals surface area contributed by atoms with Crippen LogP contribution in [-0.2, 0) is 0 Å². The highest BCUT2D eigenvalue weighted by Crippen LogP contribution is 2.23. The number of hydrogen-bond acceptors (Lipinski definition) is 2. The number of hydrogen-bond donors (Lipinski definition) is 0. The fourth-order valence-electron chi connectivity index (χ4n) is 1.48. The maximum atomic E-state index is 5.70. The zero-order chi connectivity index (χ0) is 12.3. The lowest BCUT2D eigenvalue weighted by molar-refractivity contribution is 0.480. The minimum absolute atomic E-state index is 0.465. The molecule has 1 aromatic heterocycles. The van der Waals surface area contributed by atoms with Crippen molar-refractivity contribution in [2.75, 3.05) is 0 Å². The van der Waals surface area contributed by atoms with Crippen molar-refractivity contribution in [3.8, 4) is 11.5 Å². The number of aromatic nitrogens is 1. The monoisotopic (exact) mass is 247 g/mol. The molecule has 1 heterocycles. The van der Waals surface area contributed by atoms with Crippen LogP contribution in [0.25, 0.3) is 0 Å². The third-order valence-electron chi connectivity index (χ3n) is 2.48. The summed E-state index contributed by atoms with van der Waals surface area (Å²) in [4.78, 5) is 3.96. The van der Waals surface area contributed by atoms with Crippen molar-refractivity contribution in [1.29, 1.82) is 0 Å². The second kappa shape index (κ2) is 5.19. The molecule has 0 aliphatic carbocycles. The van der Waals surface area contributed by atoms with E-state index in [-0.39, 0.29) is 0 Å². The van der Waals surface area contributed by atoms with E-state index in [4.69, 9.17) is 16.3 Å². The van der Waals surface area contributed by atoms with Gasteiger partial charge in [-0.25, -0.2) is 4.98 Å². The van der Waals surface area contributed by atoms with Gasteiger partial charge >= 0.3 is 0 Å². The third-order valence-corrected chi connectivity index (χ3v) is 2.71. The van der Waals surface area contributed by atoms with Crippen molar-refractivity contribution in [2.24, 2.45) is 0 Å². The molecule has 2 nitrogen and oxygen atoms in total. The van der Waals surface area contributed by atoms with E-state index in [1.807, 2.05) is 12.1 Å². The quantitative estimate of drug-likeness (QED) is 0.737. The lowest BCUT2D eigenvalue weighted by Gasteiger charge is -2.08. The van der Waals surface area contributed by atoms with Crippen molar-refractivity contribution in [3.63, 3.8) is 0 Å². The van der Waals surface area contributed by atoms with Crippen LogP contribution in [0.3, 0.4) is 0 Å². The maximum Gasteiger partial charge on any atom is 0.145 e. The van der Waals surface area contributed by atoms with E-state index in [1.165, 1.54) is 5.56 Å². The fraction of sp³-hybridized carbons (Fsp3) is 0.214. The largest absolute Gasteiger partial charge is 0.456 e. The number of nitrogens with zero attached hydrogens (tertiary/aromatic N) is 1. The normalized spacial score (nSPS) is 10.6. The second-order valence-electron chi connectivity index (χ2n) is 4.14. The molecule has 0 saturated heterocycles. The van der Waals surface area contributed by atoms with Gasteiger partial charge in [-0.3, -0.25) is 0 Å². The van der Waals surface area contributed by atoms with Crippen LogP contribution in [0.15, 0.2) is 42.6 Å². The highest BCUT2D eigenvalue weighted by Gasteiger charge is 2.01. The van der Waals surface area contributed by atoms with E-state index in [1.54, 1.807) is 18.3 Å². The van der Waals surface area contributed by atoms with Gasteiger partial charge in [-0.15, -0.1) is 0 Å². The molecule has 3 heteroatoms. The number of benzene rings is 1. The molecule has 17 heavy (non-hydrogen) atoms. The highest BCUT2D eigenvalue weighted by atomic mass is 35.5. The van der Waals surface area contributed by atoms with Gasteiger partial charge in [0.05, 0.1) is 6.20 Å². The van der Waals surface area contributed by atoms with Crippen molar-refractivity contribution in [1.82, 2.24) is 4.98 Å². The van der Waals surface area contributed by atoms with Gasteiger partial charge in [0, 0.05) is 0 Å². The standard InChI is InChI=1S/C14H14ClNO/c1-10(2)11-3-5-12(6-4-11)17-13-7-8-14(15)16-9-13/h3-10H,1-2H3. The number of pyridine rings is 1. The summed E-state index contributed by atoms with van der Waals surface area (Å²) in [6.07, 6.45) is 1.61. The third kappa shape index (κ3) is 3.21. The first kappa shape index (κ1) is 11.9. The summed E-state index contributed by atoms with van der Waals surface area (Å²) < 4.78 is 5.65. The molecule has 0 amide bonds. The van der Waals surface area contributed by atoms with Gasteiger partial charge in [-0.1, -0.05) is 37.6 Å². The summed E-state index contributed by atoms with van der Waals surface area (Å²) in [6, 6.07) is 11.6. The van der Waals surface area contributed by atoms with Gasteiger partial charge in [-0.2, -0.15) is 0 Å². The van der Waals surface area contributed by atoms with Crippen LogP contribution in [-0.4, -0.2) is 4.98 Å². The Kier molecular flexibility index (Phi) is 3.64. The lowest BCUT2D eigenvalue weighted by atomic mass is 10.0. The Hall–Kier alpha value is -1.54. The van der Waals surface area contributed by atoms with Crippen LogP contribution >= 0.6 is 11.6 Å². The highest BCUT2D eigenvalue weighted by molar-refractivity contribution is 6.29. The van der Waals surface area contributed by atoms with E-state index in [0.717, 1.165) is 5.75 Å². The van der Waals surface area contributed by atoms with E-state index in [0.29, 0.717) is 16.8 Å². The Bertz CT molecular complexity index is 477. The first-order valence-corrected chi connectivity index (χ1v) is 5.92. The second-order valence-corrected chi connectivity index (χ2v) is 4.53. The van der Waals surface area contributed by atoms with Crippen LogP contribution in [0.2, 0.25) is 5.15 Å². The SMILES string of the molecule is CC(C)c1ccc(Oc2ccc(Cl)nc2)cc1. The molecule has 2 aromatic rings. The summed E-state index contributed by atoms with van der Waals surface area (Å²) in [5.41, 5.74) is 1.30. The molecule has 0 fully saturated rings. The topological polar surface area (TPSA) is 22.1 Å². The molecule has 0 unspecified atom stereocenters. The molecule has 2 rings (SSSR count). The zero-order valence-electron chi connectivity index (χ0n) is 9.85. The van der Waals surface area contributed by atoms with Crippen molar-refractivity contribution in [2.45, 2.75) is 19.8 Å². The summed E-state index contributed by atoms with van der Waals surface area (Å²) in [6.45, 7) is 4.33. The first-order valence-electron chi connectivity index (χ1n) is 5.54. The smallest absolute Gasteiger partial charge is 0.145 e. The Balaban J connectivity index is 2.11. The van der Waals surface area contributed by atoms with E-state index >= 15 is 0 Å². The Morgan fingerprint density at radius 1 is 1.00 bits per heavy atom. The molecular formula is C14H14ClNO. The summed E-state index contributed by atoms with van der Waals surface area (Å²) in [5, 5.41) is 0.465. The van der Waals surface area contributed by atoms with Crippen molar-refractivity contribution < 1.29 is 4.74 Å². The van der Waals surface area contributed by atoms with Crippen LogP contribution in [0.4, 0.5) is 0 Å². The number of rotatable bonds is 3. The number of halogens is 1. The minimum atomic E-state index is 0.465. The lowest BCUT2D eigenvalue weighted by Crippen LogP contribution is -1.88. The molecule has 0 spiro atoms. The summed E-state index contributed by atoms with van der Waals surface area (Å²) in [5.74, 6) is 2.02. The van der Waals surface area contributed by atoms with E-state index < -0.39 is 0 Å². The van der Waals surface area contributed by atoms with Gasteiger partial charge in [0.25, 0.3) is 0 Å². The predicted molar refractivity (Wildman–Crippen MR) is 69.9 cm³/mol. The zero-order valence-corrected chi connectivity index (χ0v) is 10.6. The summed E-state index contributed by atoms with van der Waals surface area (Å²) >= 11 is 5.70. The molecule has 1 aromatic carbocycles. The van der Waals surface area contributed by atoms with Crippen LogP contribution < -0.4 is 4.74 Å². The molecule has 0 saturated carbocycles. The average Bonchev–Trinajstić information content (AvgIpc) is 2.33. The Labute approximate surface area is 106 Å². The molecular weight excluding hydrogens is 234 g/mol. The summed E-state index contributed by atoms with van der Waals surface area (Å²) in [7, 11) is 0. The Morgan fingerprint density at radius 2 is 1.65 bits per heavy atom. The Morgan fingerprint density at radius 3 is 2.18 bits per heavy atom. The molecule has 0 bridgehead atoms. The van der Waals surface area contributed by atoms with Gasteiger partial charge in [0.15, 0.2) is 0 Å². The molecule has 0 N–H and O–H groups in total. The van der Waals surface area contributed by atoms with Crippen LogP contribution in [0.5, 0.6) is 11.5 Å². The molecule has 0 atom stereocenters. The van der Waals surface area contributed by atoms with E-state index in [9.17, 15) is 0 Å². The van der Waals surface area contributed by atoms with Crippen molar-refractivity contribution >= 4 is 11.6 Å². The van der Waals surface area contributed by atoms with Gasteiger partial charge in [0.2, 0.25) is 0 Å².